The van der Waals surface area contributed by atoms with Crippen LogP contribution in [0.2, 0.25) is 5.15 Å². The van der Waals surface area contributed by atoms with Gasteiger partial charge in [0.05, 0.1) is 0 Å². The van der Waals surface area contributed by atoms with Crippen molar-refractivity contribution in [3.63, 3.8) is 0 Å². The molecule has 0 radical (unpaired) electrons. The van der Waals surface area contributed by atoms with Gasteiger partial charge in [0.2, 0.25) is 0 Å². The van der Waals surface area contributed by atoms with Gasteiger partial charge in [0, 0.05) is 23.6 Å². The Kier molecular flexibility index (Phi) is 5.10. The molecule has 2 rings (SSSR count). The molecule has 2 heterocycles. The van der Waals surface area contributed by atoms with Crippen molar-refractivity contribution in [2.75, 3.05) is 25.0 Å². The number of nitrogens with zero attached hydrogens (tertiary/aromatic N) is 3. The van der Waals surface area contributed by atoms with Crippen LogP contribution in [0.1, 0.15) is 51.9 Å². The van der Waals surface area contributed by atoms with Crippen LogP contribution in [0.15, 0.2) is 0 Å². The second-order valence-electron chi connectivity index (χ2n) is 7.03. The summed E-state index contributed by atoms with van der Waals surface area (Å²) in [7, 11) is 0. The normalized spacial score (nSPS) is 18.0. The molecule has 118 valence electrons. The zero-order valence-corrected chi connectivity index (χ0v) is 14.6. The summed E-state index contributed by atoms with van der Waals surface area (Å²) in [6.07, 6.45) is 2.63. The van der Waals surface area contributed by atoms with Crippen molar-refractivity contribution in [1.82, 2.24) is 14.9 Å². The second-order valence-corrected chi connectivity index (χ2v) is 7.39. The smallest absolute Gasteiger partial charge is 0.137 e. The molecule has 1 fully saturated rings. The van der Waals surface area contributed by atoms with E-state index in [2.05, 4.69) is 47.9 Å². The van der Waals surface area contributed by atoms with Crippen molar-refractivity contribution in [3.8, 4) is 0 Å². The first-order valence-electron chi connectivity index (χ1n) is 7.81. The fraction of sp³-hybridized carbons (Fsp3) is 0.750. The number of anilines is 1. The lowest BCUT2D eigenvalue weighted by Gasteiger charge is -2.25. The van der Waals surface area contributed by atoms with E-state index >= 15 is 0 Å². The van der Waals surface area contributed by atoms with Gasteiger partial charge < -0.3 is 5.32 Å². The van der Waals surface area contributed by atoms with Crippen LogP contribution in [0.5, 0.6) is 0 Å². The topological polar surface area (TPSA) is 41.1 Å². The minimum absolute atomic E-state index is 0.103. The van der Waals surface area contributed by atoms with E-state index in [1.54, 1.807) is 0 Å². The molecule has 0 aliphatic carbocycles. The maximum Gasteiger partial charge on any atom is 0.137 e. The maximum absolute atomic E-state index is 6.27. The Morgan fingerprint density at radius 3 is 2.43 bits per heavy atom. The summed E-state index contributed by atoms with van der Waals surface area (Å²) in [5, 5.41) is 4.01. The number of hydrogen-bond acceptors (Lipinski definition) is 4. The molecular weight excluding hydrogens is 284 g/mol. The Hall–Kier alpha value is -0.870. The van der Waals surface area contributed by atoms with Crippen LogP contribution < -0.4 is 5.32 Å². The maximum atomic E-state index is 6.27. The number of halogens is 1. The van der Waals surface area contributed by atoms with Crippen LogP contribution in [-0.4, -0.2) is 40.5 Å². The van der Waals surface area contributed by atoms with Gasteiger partial charge in [-0.05, 0) is 39.8 Å². The number of hydrogen-bond donors (Lipinski definition) is 1. The second kappa shape index (κ2) is 6.49. The molecule has 1 aliphatic rings. The van der Waals surface area contributed by atoms with E-state index in [1.165, 1.54) is 25.9 Å². The summed E-state index contributed by atoms with van der Waals surface area (Å²) in [5.74, 6) is 1.65. The fourth-order valence-corrected chi connectivity index (χ4v) is 2.72. The van der Waals surface area contributed by atoms with E-state index in [4.69, 9.17) is 11.6 Å². The molecule has 4 nitrogen and oxygen atoms in total. The van der Waals surface area contributed by atoms with Crippen molar-refractivity contribution >= 4 is 17.4 Å². The van der Waals surface area contributed by atoms with Crippen molar-refractivity contribution in [3.05, 3.63) is 16.5 Å². The highest BCUT2D eigenvalue weighted by molar-refractivity contribution is 6.30. The average Bonchev–Trinajstić information content (AvgIpc) is 2.92. The molecule has 1 N–H and O–H groups in total. The molecule has 0 bridgehead atoms. The van der Waals surface area contributed by atoms with Gasteiger partial charge in [-0.3, -0.25) is 4.90 Å². The van der Waals surface area contributed by atoms with Crippen molar-refractivity contribution in [2.24, 2.45) is 0 Å². The van der Waals surface area contributed by atoms with Crippen molar-refractivity contribution in [1.29, 1.82) is 0 Å². The third-order valence-electron chi connectivity index (χ3n) is 4.09. The average molecular weight is 311 g/mol. The molecule has 0 amide bonds. The summed E-state index contributed by atoms with van der Waals surface area (Å²) < 4.78 is 0. The Bertz CT molecular complexity index is 490. The number of rotatable bonds is 4. The third-order valence-corrected chi connectivity index (χ3v) is 4.45. The van der Waals surface area contributed by atoms with Gasteiger partial charge in [0.25, 0.3) is 0 Å². The first kappa shape index (κ1) is 16.5. The highest BCUT2D eigenvalue weighted by atomic mass is 35.5. The first-order valence-corrected chi connectivity index (χ1v) is 8.19. The summed E-state index contributed by atoms with van der Waals surface area (Å²) in [6.45, 7) is 13.8. The molecule has 1 aliphatic heterocycles. The molecule has 1 aromatic heterocycles. The zero-order valence-electron chi connectivity index (χ0n) is 13.8. The Morgan fingerprint density at radius 1 is 1.24 bits per heavy atom. The number of aromatic nitrogens is 2. The van der Waals surface area contributed by atoms with E-state index in [9.17, 15) is 0 Å². The van der Waals surface area contributed by atoms with Gasteiger partial charge in [-0.15, -0.1) is 0 Å². The molecule has 1 atom stereocenters. The van der Waals surface area contributed by atoms with Crippen LogP contribution >= 0.6 is 11.6 Å². The molecule has 0 spiro atoms. The highest BCUT2D eigenvalue weighted by Gasteiger charge is 2.22. The zero-order chi connectivity index (χ0) is 15.6. The molecular formula is C16H27ClN4. The van der Waals surface area contributed by atoms with Gasteiger partial charge in [0.1, 0.15) is 16.8 Å². The predicted octanol–water partition coefficient (Wildman–Crippen LogP) is 3.63. The highest BCUT2D eigenvalue weighted by Crippen LogP contribution is 2.26. The van der Waals surface area contributed by atoms with E-state index < -0.39 is 0 Å². The molecule has 1 unspecified atom stereocenters. The SMILES string of the molecule is Cc1c(Cl)nc(C(C)(C)C)nc1NCC(C)N1CCCC1. The summed E-state index contributed by atoms with van der Waals surface area (Å²) >= 11 is 6.27. The van der Waals surface area contributed by atoms with E-state index in [-0.39, 0.29) is 5.41 Å². The molecule has 1 aromatic rings. The van der Waals surface area contributed by atoms with Crippen molar-refractivity contribution in [2.45, 2.75) is 58.9 Å². The minimum Gasteiger partial charge on any atom is -0.368 e. The summed E-state index contributed by atoms with van der Waals surface area (Å²) in [5.41, 5.74) is 0.826. The lowest BCUT2D eigenvalue weighted by Crippen LogP contribution is -2.36. The Morgan fingerprint density at radius 2 is 1.86 bits per heavy atom. The van der Waals surface area contributed by atoms with Crippen LogP contribution in [0.25, 0.3) is 0 Å². The van der Waals surface area contributed by atoms with Gasteiger partial charge in [-0.2, -0.15) is 0 Å². The van der Waals surface area contributed by atoms with Crippen LogP contribution in [0.4, 0.5) is 5.82 Å². The van der Waals surface area contributed by atoms with Gasteiger partial charge in [-0.1, -0.05) is 32.4 Å². The fourth-order valence-electron chi connectivity index (χ4n) is 2.55. The first-order chi connectivity index (χ1) is 9.79. The minimum atomic E-state index is -0.103. The van der Waals surface area contributed by atoms with Crippen LogP contribution in [0, 0.1) is 6.92 Å². The quantitative estimate of drug-likeness (QED) is 0.862. The van der Waals surface area contributed by atoms with E-state index in [0.29, 0.717) is 11.2 Å². The monoisotopic (exact) mass is 310 g/mol. The largest absolute Gasteiger partial charge is 0.368 e. The van der Waals surface area contributed by atoms with Gasteiger partial charge >= 0.3 is 0 Å². The predicted molar refractivity (Wildman–Crippen MR) is 89.2 cm³/mol. The van der Waals surface area contributed by atoms with E-state index in [0.717, 1.165) is 23.8 Å². The number of likely N-dealkylation sites (tertiary alicyclic amines) is 1. The Labute approximate surface area is 133 Å². The lowest BCUT2D eigenvalue weighted by atomic mass is 9.95. The molecule has 0 aromatic carbocycles. The van der Waals surface area contributed by atoms with Gasteiger partial charge in [0.15, 0.2) is 0 Å². The Balaban J connectivity index is 2.10. The standard InChI is InChI=1S/C16H27ClN4/c1-11(21-8-6-7-9-21)10-18-14-12(2)13(17)19-15(20-14)16(3,4)5/h11H,6-10H2,1-5H3,(H,18,19,20). The van der Waals surface area contributed by atoms with Crippen molar-refractivity contribution < 1.29 is 0 Å². The lowest BCUT2D eigenvalue weighted by molar-refractivity contribution is 0.269. The molecule has 0 saturated carbocycles. The molecule has 1 saturated heterocycles. The third kappa shape index (κ3) is 4.07. The van der Waals surface area contributed by atoms with Crippen LogP contribution in [-0.2, 0) is 5.41 Å². The molecule has 5 heteroatoms. The van der Waals surface area contributed by atoms with Crippen LogP contribution in [0.3, 0.4) is 0 Å². The van der Waals surface area contributed by atoms with Gasteiger partial charge in [-0.25, -0.2) is 9.97 Å². The summed E-state index contributed by atoms with van der Waals surface area (Å²) in [6, 6.07) is 0.513. The number of nitrogens with one attached hydrogen (secondary N) is 1. The summed E-state index contributed by atoms with van der Waals surface area (Å²) in [4.78, 5) is 11.6. The van der Waals surface area contributed by atoms with E-state index in [1.807, 2.05) is 6.92 Å². The molecule has 21 heavy (non-hydrogen) atoms.